The Morgan fingerprint density at radius 3 is 2.15 bits per heavy atom. The van der Waals surface area contributed by atoms with Crippen LogP contribution < -0.4 is 10.9 Å². The van der Waals surface area contributed by atoms with Gasteiger partial charge in [0.1, 0.15) is 11.3 Å². The van der Waals surface area contributed by atoms with E-state index in [0.29, 0.717) is 12.1 Å². The van der Waals surface area contributed by atoms with Crippen LogP contribution in [0.5, 0.6) is 0 Å². The van der Waals surface area contributed by atoms with E-state index in [4.69, 9.17) is 0 Å². The van der Waals surface area contributed by atoms with E-state index in [0.717, 1.165) is 18.2 Å². The summed E-state index contributed by atoms with van der Waals surface area (Å²) >= 11 is 0. The number of halogens is 3. The molecular formula is C14H9F3N4O5. The Morgan fingerprint density at radius 2 is 1.58 bits per heavy atom. The zero-order valence-corrected chi connectivity index (χ0v) is 12.6. The predicted molar refractivity (Wildman–Crippen MR) is 82.3 cm³/mol. The topological polar surface area (TPSA) is 127 Å². The monoisotopic (exact) mass is 370 g/mol. The van der Waals surface area contributed by atoms with Crippen molar-refractivity contribution in [3.05, 3.63) is 73.8 Å². The number of nitro benzene ring substituents is 2. The van der Waals surface area contributed by atoms with Gasteiger partial charge in [-0.15, -0.1) is 0 Å². The molecule has 2 aromatic carbocycles. The molecule has 0 aliphatic carbocycles. The van der Waals surface area contributed by atoms with Crippen molar-refractivity contribution in [2.24, 2.45) is 0 Å². The minimum absolute atomic E-state index is 0.305. The van der Waals surface area contributed by atoms with Gasteiger partial charge in [0.25, 0.3) is 17.3 Å². The maximum atomic E-state index is 12.6. The number of nitrogens with zero attached hydrogens (tertiary/aromatic N) is 2. The molecule has 0 atom stereocenters. The first kappa shape index (κ1) is 18.6. The van der Waals surface area contributed by atoms with E-state index in [1.165, 1.54) is 12.1 Å². The lowest BCUT2D eigenvalue weighted by molar-refractivity contribution is -0.385. The summed E-state index contributed by atoms with van der Waals surface area (Å²) in [4.78, 5) is 32.0. The first-order chi connectivity index (χ1) is 12.1. The lowest BCUT2D eigenvalue weighted by Crippen LogP contribution is -2.30. The molecule has 0 unspecified atom stereocenters. The fourth-order valence-electron chi connectivity index (χ4n) is 1.98. The SMILES string of the molecule is O=C(NNc1ccc(C(F)(F)F)cc1[N+](=O)[O-])c1ccccc1[N+](=O)[O-]. The number of anilines is 1. The van der Waals surface area contributed by atoms with Crippen LogP contribution in [0.3, 0.4) is 0 Å². The molecule has 0 aromatic heterocycles. The lowest BCUT2D eigenvalue weighted by atomic mass is 10.1. The first-order valence-electron chi connectivity index (χ1n) is 6.76. The maximum Gasteiger partial charge on any atom is 0.416 e. The average molecular weight is 370 g/mol. The summed E-state index contributed by atoms with van der Waals surface area (Å²) in [5.41, 5.74) is 0.666. The van der Waals surface area contributed by atoms with Crippen molar-refractivity contribution in [3.8, 4) is 0 Å². The lowest BCUT2D eigenvalue weighted by Gasteiger charge is -2.11. The molecule has 2 rings (SSSR count). The van der Waals surface area contributed by atoms with Gasteiger partial charge in [-0.2, -0.15) is 13.2 Å². The van der Waals surface area contributed by atoms with Crippen LogP contribution >= 0.6 is 0 Å². The Hall–Kier alpha value is -3.70. The molecule has 2 N–H and O–H groups in total. The molecule has 26 heavy (non-hydrogen) atoms. The number of alkyl halides is 3. The second kappa shape index (κ2) is 7.04. The van der Waals surface area contributed by atoms with Gasteiger partial charge in [0.05, 0.1) is 15.4 Å². The number of nitrogens with one attached hydrogen (secondary N) is 2. The quantitative estimate of drug-likeness (QED) is 0.614. The Labute approximate surface area is 142 Å². The molecule has 0 saturated heterocycles. The molecule has 0 bridgehead atoms. The van der Waals surface area contributed by atoms with E-state index in [1.807, 2.05) is 5.43 Å². The number of benzene rings is 2. The molecule has 0 saturated carbocycles. The number of carbonyl (C=O) groups excluding carboxylic acids is 1. The zero-order valence-electron chi connectivity index (χ0n) is 12.6. The van der Waals surface area contributed by atoms with Gasteiger partial charge in [0.15, 0.2) is 0 Å². The predicted octanol–water partition coefficient (Wildman–Crippen LogP) is 3.28. The van der Waals surface area contributed by atoms with Gasteiger partial charge < -0.3 is 0 Å². The minimum atomic E-state index is -4.78. The molecule has 136 valence electrons. The standard InChI is InChI=1S/C14H9F3N4O5/c15-14(16,17)8-5-6-10(12(7-8)21(25)26)18-19-13(22)9-3-1-2-4-11(9)20(23)24/h1-7,18H,(H,19,22). The summed E-state index contributed by atoms with van der Waals surface area (Å²) in [6.45, 7) is 0. The molecule has 9 nitrogen and oxygen atoms in total. The summed E-state index contributed by atoms with van der Waals surface area (Å²) in [7, 11) is 0. The third kappa shape index (κ3) is 4.03. The fraction of sp³-hybridized carbons (Fsp3) is 0.0714. The summed E-state index contributed by atoms with van der Waals surface area (Å²) in [5.74, 6) is -0.994. The molecule has 0 aliphatic rings. The van der Waals surface area contributed by atoms with Crippen molar-refractivity contribution < 1.29 is 27.8 Å². The smallest absolute Gasteiger partial charge is 0.292 e. The van der Waals surface area contributed by atoms with E-state index in [9.17, 15) is 38.2 Å². The average Bonchev–Trinajstić information content (AvgIpc) is 2.58. The van der Waals surface area contributed by atoms with Crippen LogP contribution in [-0.4, -0.2) is 15.8 Å². The Balaban J connectivity index is 2.26. The van der Waals surface area contributed by atoms with Crippen molar-refractivity contribution in [2.75, 3.05) is 5.43 Å². The zero-order chi connectivity index (χ0) is 19.5. The van der Waals surface area contributed by atoms with Crippen molar-refractivity contribution in [1.82, 2.24) is 5.43 Å². The van der Waals surface area contributed by atoms with Crippen LogP contribution in [0.25, 0.3) is 0 Å². The molecule has 0 fully saturated rings. The number of rotatable bonds is 5. The second-order valence-electron chi connectivity index (χ2n) is 4.84. The number of para-hydroxylation sites is 1. The molecular weight excluding hydrogens is 361 g/mol. The van der Waals surface area contributed by atoms with Crippen LogP contribution in [0.15, 0.2) is 42.5 Å². The highest BCUT2D eigenvalue weighted by molar-refractivity contribution is 5.98. The highest BCUT2D eigenvalue weighted by atomic mass is 19.4. The third-order valence-corrected chi connectivity index (χ3v) is 3.18. The van der Waals surface area contributed by atoms with E-state index < -0.39 is 44.6 Å². The Kier molecular flexibility index (Phi) is 5.05. The summed E-state index contributed by atoms with van der Waals surface area (Å²) < 4.78 is 37.9. The number of amides is 1. The van der Waals surface area contributed by atoms with Crippen LogP contribution in [0.2, 0.25) is 0 Å². The van der Waals surface area contributed by atoms with Crippen molar-refractivity contribution in [1.29, 1.82) is 0 Å². The molecule has 12 heteroatoms. The summed E-state index contributed by atoms with van der Waals surface area (Å²) in [5, 5.41) is 21.8. The van der Waals surface area contributed by atoms with Crippen molar-refractivity contribution in [2.45, 2.75) is 6.18 Å². The van der Waals surface area contributed by atoms with Crippen LogP contribution in [0.4, 0.5) is 30.2 Å². The highest BCUT2D eigenvalue weighted by Gasteiger charge is 2.33. The molecule has 0 aliphatic heterocycles. The van der Waals surface area contributed by atoms with E-state index in [-0.39, 0.29) is 5.56 Å². The van der Waals surface area contributed by atoms with Crippen LogP contribution in [0, 0.1) is 20.2 Å². The third-order valence-electron chi connectivity index (χ3n) is 3.18. The summed E-state index contributed by atoms with van der Waals surface area (Å²) in [6, 6.07) is 6.59. The Morgan fingerprint density at radius 1 is 0.962 bits per heavy atom. The molecule has 0 radical (unpaired) electrons. The van der Waals surface area contributed by atoms with Crippen molar-refractivity contribution in [3.63, 3.8) is 0 Å². The first-order valence-corrected chi connectivity index (χ1v) is 6.76. The molecule has 2 aromatic rings. The normalized spacial score (nSPS) is 10.9. The molecule has 0 spiro atoms. The maximum absolute atomic E-state index is 12.6. The van der Waals surface area contributed by atoms with Crippen LogP contribution in [0.1, 0.15) is 15.9 Å². The fourth-order valence-corrected chi connectivity index (χ4v) is 1.98. The number of hydrazine groups is 1. The highest BCUT2D eigenvalue weighted by Crippen LogP contribution is 2.34. The second-order valence-corrected chi connectivity index (χ2v) is 4.84. The van der Waals surface area contributed by atoms with Crippen molar-refractivity contribution >= 4 is 23.0 Å². The number of hydrogen-bond acceptors (Lipinski definition) is 6. The molecule has 1 amide bonds. The largest absolute Gasteiger partial charge is 0.416 e. The van der Waals surface area contributed by atoms with Gasteiger partial charge in [-0.05, 0) is 18.2 Å². The minimum Gasteiger partial charge on any atom is -0.292 e. The Bertz CT molecular complexity index is 885. The van der Waals surface area contributed by atoms with Gasteiger partial charge in [-0.3, -0.25) is 35.9 Å². The van der Waals surface area contributed by atoms with Gasteiger partial charge in [0, 0.05) is 12.1 Å². The van der Waals surface area contributed by atoms with Gasteiger partial charge in [-0.25, -0.2) is 0 Å². The van der Waals surface area contributed by atoms with E-state index in [1.54, 1.807) is 0 Å². The van der Waals surface area contributed by atoms with Gasteiger partial charge in [-0.1, -0.05) is 12.1 Å². The van der Waals surface area contributed by atoms with E-state index >= 15 is 0 Å². The van der Waals surface area contributed by atoms with Gasteiger partial charge in [0.2, 0.25) is 0 Å². The summed E-state index contributed by atoms with van der Waals surface area (Å²) in [6.07, 6.45) is -4.78. The van der Waals surface area contributed by atoms with E-state index in [2.05, 4.69) is 5.43 Å². The number of hydrogen-bond donors (Lipinski definition) is 2. The number of carbonyl (C=O) groups is 1. The number of nitro groups is 2. The molecule has 0 heterocycles. The van der Waals surface area contributed by atoms with Gasteiger partial charge >= 0.3 is 6.18 Å². The van der Waals surface area contributed by atoms with Crippen LogP contribution in [-0.2, 0) is 6.18 Å².